The normalized spacial score (nSPS) is 11.4. The largest absolute Gasteiger partial charge is 0.477 e. The first kappa shape index (κ1) is 19.2. The lowest BCUT2D eigenvalue weighted by Gasteiger charge is -2.10. The summed E-state index contributed by atoms with van der Waals surface area (Å²) in [6.07, 6.45) is 0. The fraction of sp³-hybridized carbons (Fsp3) is 0.0870. The fourth-order valence-electron chi connectivity index (χ4n) is 3.94. The molecule has 0 aliphatic carbocycles. The van der Waals surface area contributed by atoms with Gasteiger partial charge in [-0.25, -0.2) is 4.79 Å². The first-order valence-electron chi connectivity index (χ1n) is 9.61. The minimum Gasteiger partial charge on any atom is -0.477 e. The second kappa shape index (κ2) is 7.50. The Morgan fingerprint density at radius 1 is 0.968 bits per heavy atom. The van der Waals surface area contributed by atoms with E-state index in [-0.39, 0.29) is 12.3 Å². The third-order valence-electron chi connectivity index (χ3n) is 5.37. The highest BCUT2D eigenvalue weighted by Crippen LogP contribution is 2.37. The molecule has 2 aromatic heterocycles. The van der Waals surface area contributed by atoms with Gasteiger partial charge in [0.25, 0.3) is 0 Å². The molecule has 0 atom stereocenters. The van der Waals surface area contributed by atoms with Crippen LogP contribution < -0.4 is 5.73 Å². The predicted octanol–water partition coefficient (Wildman–Crippen LogP) is 4.13. The van der Waals surface area contributed by atoms with Crippen molar-refractivity contribution in [3.05, 3.63) is 77.5 Å². The quantitative estimate of drug-likeness (QED) is 0.361. The molecule has 2 heterocycles. The predicted molar refractivity (Wildman–Crippen MR) is 121 cm³/mol. The molecule has 8 heteroatoms. The lowest BCUT2D eigenvalue weighted by molar-refractivity contribution is 0.0687. The van der Waals surface area contributed by atoms with Crippen molar-refractivity contribution in [2.75, 3.05) is 5.73 Å². The smallest absolute Gasteiger partial charge is 0.353 e. The van der Waals surface area contributed by atoms with Crippen LogP contribution in [0.4, 0.5) is 5.69 Å². The Morgan fingerprint density at radius 3 is 2.45 bits per heavy atom. The average Bonchev–Trinajstić information content (AvgIpc) is 3.36. The highest BCUT2D eigenvalue weighted by atomic mass is 32.1. The summed E-state index contributed by atoms with van der Waals surface area (Å²) in [6.45, 7) is 0.291. The van der Waals surface area contributed by atoms with Crippen LogP contribution >= 0.6 is 11.7 Å². The number of aromatic carboxylic acids is 1. The SMILES string of the molecule is Nc1ccc2c(c1)c(-c1ccc(CO)cc1)c(C(=O)O)n2Cc1ccc2nsnc2c1. The molecular formula is C23H18N4O3S. The number of carboxylic acids is 1. The number of anilines is 1. The number of nitrogens with zero attached hydrogens (tertiary/aromatic N) is 3. The molecule has 0 unspecified atom stereocenters. The highest BCUT2D eigenvalue weighted by molar-refractivity contribution is 7.00. The average molecular weight is 430 g/mol. The maximum atomic E-state index is 12.4. The van der Waals surface area contributed by atoms with Crippen LogP contribution in [0, 0.1) is 0 Å². The van der Waals surface area contributed by atoms with E-state index in [2.05, 4.69) is 8.75 Å². The molecule has 5 rings (SSSR count). The van der Waals surface area contributed by atoms with Crippen LogP contribution in [-0.4, -0.2) is 29.5 Å². The van der Waals surface area contributed by atoms with Gasteiger partial charge in [0.05, 0.1) is 18.3 Å². The molecule has 154 valence electrons. The molecule has 0 aliphatic heterocycles. The molecule has 0 spiro atoms. The van der Waals surface area contributed by atoms with Crippen LogP contribution in [0.1, 0.15) is 21.6 Å². The number of aliphatic hydroxyl groups is 1. The van der Waals surface area contributed by atoms with Gasteiger partial charge in [-0.15, -0.1) is 0 Å². The van der Waals surface area contributed by atoms with Crippen molar-refractivity contribution in [3.8, 4) is 11.1 Å². The van der Waals surface area contributed by atoms with Crippen LogP contribution in [0.3, 0.4) is 0 Å². The molecule has 0 amide bonds. The summed E-state index contributed by atoms with van der Waals surface area (Å²) < 4.78 is 10.3. The third-order valence-corrected chi connectivity index (χ3v) is 5.93. The molecule has 5 aromatic rings. The highest BCUT2D eigenvalue weighted by Gasteiger charge is 2.24. The number of nitrogens with two attached hydrogens (primary N) is 1. The van der Waals surface area contributed by atoms with Crippen molar-refractivity contribution in [2.24, 2.45) is 0 Å². The van der Waals surface area contributed by atoms with E-state index >= 15 is 0 Å². The van der Waals surface area contributed by atoms with Crippen molar-refractivity contribution in [1.29, 1.82) is 0 Å². The van der Waals surface area contributed by atoms with Crippen molar-refractivity contribution in [2.45, 2.75) is 13.2 Å². The number of fused-ring (bicyclic) bond motifs is 2. The Bertz CT molecular complexity index is 1440. The van der Waals surface area contributed by atoms with Gasteiger partial charge in [-0.1, -0.05) is 30.3 Å². The number of carbonyl (C=O) groups is 1. The van der Waals surface area contributed by atoms with E-state index in [1.165, 1.54) is 0 Å². The van der Waals surface area contributed by atoms with Gasteiger partial charge in [-0.05, 0) is 47.0 Å². The second-order valence-corrected chi connectivity index (χ2v) is 7.86. The van der Waals surface area contributed by atoms with E-state index in [1.807, 2.05) is 36.4 Å². The second-order valence-electron chi connectivity index (χ2n) is 7.33. The van der Waals surface area contributed by atoms with E-state index in [0.717, 1.165) is 50.4 Å². The molecule has 0 fully saturated rings. The van der Waals surface area contributed by atoms with E-state index in [1.54, 1.807) is 28.8 Å². The van der Waals surface area contributed by atoms with Gasteiger partial charge < -0.3 is 20.5 Å². The van der Waals surface area contributed by atoms with Gasteiger partial charge >= 0.3 is 5.97 Å². The number of rotatable bonds is 5. The Kier molecular flexibility index (Phi) is 4.65. The Labute approximate surface area is 181 Å². The van der Waals surface area contributed by atoms with Gasteiger partial charge in [0.1, 0.15) is 16.7 Å². The zero-order valence-corrected chi connectivity index (χ0v) is 17.1. The molecule has 31 heavy (non-hydrogen) atoms. The molecule has 3 aromatic carbocycles. The van der Waals surface area contributed by atoms with Crippen molar-refractivity contribution in [3.63, 3.8) is 0 Å². The lowest BCUT2D eigenvalue weighted by Crippen LogP contribution is -2.10. The Morgan fingerprint density at radius 2 is 1.71 bits per heavy atom. The Hall–Kier alpha value is -3.75. The number of nitrogen functional groups attached to an aromatic ring is 1. The van der Waals surface area contributed by atoms with Gasteiger partial charge in [-0.2, -0.15) is 8.75 Å². The molecular weight excluding hydrogens is 412 g/mol. The van der Waals surface area contributed by atoms with Crippen molar-refractivity contribution >= 4 is 45.3 Å². The number of hydrogen-bond acceptors (Lipinski definition) is 6. The third kappa shape index (κ3) is 3.31. The fourth-order valence-corrected chi connectivity index (χ4v) is 4.45. The number of aliphatic hydroxyl groups excluding tert-OH is 1. The maximum absolute atomic E-state index is 12.4. The summed E-state index contributed by atoms with van der Waals surface area (Å²) in [7, 11) is 0. The van der Waals surface area contributed by atoms with E-state index < -0.39 is 5.97 Å². The molecule has 4 N–H and O–H groups in total. The Balaban J connectivity index is 1.75. The summed E-state index contributed by atoms with van der Waals surface area (Å²) in [5.41, 5.74) is 12.2. The maximum Gasteiger partial charge on any atom is 0.353 e. The van der Waals surface area contributed by atoms with Crippen molar-refractivity contribution in [1.82, 2.24) is 13.3 Å². The molecule has 0 bridgehead atoms. The molecule has 0 saturated carbocycles. The summed E-state index contributed by atoms with van der Waals surface area (Å²) in [4.78, 5) is 12.4. The van der Waals surface area contributed by atoms with Gasteiger partial charge in [0.2, 0.25) is 0 Å². The first-order chi connectivity index (χ1) is 15.0. The number of benzene rings is 3. The van der Waals surface area contributed by atoms with E-state index in [0.29, 0.717) is 17.8 Å². The lowest BCUT2D eigenvalue weighted by atomic mass is 10.00. The summed E-state index contributed by atoms with van der Waals surface area (Å²) in [6, 6.07) is 18.4. The molecule has 0 saturated heterocycles. The summed E-state index contributed by atoms with van der Waals surface area (Å²) >= 11 is 1.15. The number of hydrogen-bond donors (Lipinski definition) is 3. The van der Waals surface area contributed by atoms with Crippen LogP contribution in [-0.2, 0) is 13.2 Å². The topological polar surface area (TPSA) is 114 Å². The van der Waals surface area contributed by atoms with Crippen molar-refractivity contribution < 1.29 is 15.0 Å². The van der Waals surface area contributed by atoms with Crippen LogP contribution in [0.5, 0.6) is 0 Å². The van der Waals surface area contributed by atoms with Gasteiger partial charge in [-0.3, -0.25) is 0 Å². The summed E-state index contributed by atoms with van der Waals surface area (Å²) in [5, 5.41) is 20.3. The minimum absolute atomic E-state index is 0.0747. The standard InChI is InChI=1S/C23H18N4O3S/c24-16-6-8-20-17(10-16)21(15-4-1-13(12-28)2-5-15)22(23(29)30)27(20)11-14-3-7-18-19(9-14)26-31-25-18/h1-10,28H,11-12,24H2,(H,29,30). The zero-order valence-electron chi connectivity index (χ0n) is 16.3. The minimum atomic E-state index is -1.02. The van der Waals surface area contributed by atoms with Crippen LogP contribution in [0.2, 0.25) is 0 Å². The van der Waals surface area contributed by atoms with Gasteiger partial charge in [0, 0.05) is 28.7 Å². The first-order valence-corrected chi connectivity index (χ1v) is 10.3. The van der Waals surface area contributed by atoms with Crippen LogP contribution in [0.15, 0.2) is 60.7 Å². The number of aromatic nitrogens is 3. The molecule has 7 nitrogen and oxygen atoms in total. The van der Waals surface area contributed by atoms with E-state index in [4.69, 9.17) is 5.73 Å². The number of carboxylic acid groups (broad SMARTS) is 1. The zero-order chi connectivity index (χ0) is 21.5. The van der Waals surface area contributed by atoms with Gasteiger partial charge in [0.15, 0.2) is 0 Å². The molecule has 0 aliphatic rings. The monoisotopic (exact) mass is 430 g/mol. The molecule has 0 radical (unpaired) electrons. The summed E-state index contributed by atoms with van der Waals surface area (Å²) in [5.74, 6) is -1.02. The van der Waals surface area contributed by atoms with E-state index in [9.17, 15) is 15.0 Å². The van der Waals surface area contributed by atoms with Crippen LogP contribution in [0.25, 0.3) is 33.1 Å².